The average Bonchev–Trinajstić information content (AvgIpc) is 3.14. The molecule has 2 saturated heterocycles. The van der Waals surface area contributed by atoms with Gasteiger partial charge in [-0.1, -0.05) is 24.6 Å². The number of ether oxygens (including phenoxy) is 3. The number of nitrogens with one attached hydrogen (secondary N) is 1. The molecule has 0 saturated carbocycles. The van der Waals surface area contributed by atoms with Gasteiger partial charge in [-0.2, -0.15) is 0 Å². The van der Waals surface area contributed by atoms with Crippen LogP contribution in [0.3, 0.4) is 0 Å². The minimum atomic E-state index is -0.306. The van der Waals surface area contributed by atoms with Gasteiger partial charge in [0.2, 0.25) is 11.7 Å². The number of halogens is 1. The molecule has 8 heteroatoms. The second-order valence-corrected chi connectivity index (χ2v) is 8.79. The predicted molar refractivity (Wildman–Crippen MR) is 125 cm³/mol. The molecule has 0 radical (unpaired) electrons. The number of benzene rings is 2. The van der Waals surface area contributed by atoms with Crippen molar-refractivity contribution in [1.82, 2.24) is 10.2 Å². The molecule has 0 bridgehead atoms. The summed E-state index contributed by atoms with van der Waals surface area (Å²) in [6.07, 6.45) is 4.09. The summed E-state index contributed by atoms with van der Waals surface area (Å²) in [6, 6.07) is 11.3. The number of rotatable bonds is 7. The molecule has 2 aliphatic heterocycles. The monoisotopic (exact) mass is 470 g/mol. The van der Waals surface area contributed by atoms with Crippen molar-refractivity contribution in [1.29, 1.82) is 0 Å². The van der Waals surface area contributed by atoms with E-state index in [-0.39, 0.29) is 42.4 Å². The van der Waals surface area contributed by atoms with Crippen molar-refractivity contribution in [3.8, 4) is 17.2 Å². The second-order valence-electron chi connectivity index (χ2n) is 8.79. The van der Waals surface area contributed by atoms with Gasteiger partial charge in [-0.05, 0) is 55.5 Å². The van der Waals surface area contributed by atoms with Gasteiger partial charge in [0.25, 0.3) is 5.91 Å². The van der Waals surface area contributed by atoms with E-state index in [0.717, 1.165) is 24.8 Å². The smallest absolute Gasteiger partial charge is 0.261 e. The third-order valence-corrected chi connectivity index (χ3v) is 6.61. The van der Waals surface area contributed by atoms with Gasteiger partial charge in [0, 0.05) is 12.5 Å². The summed E-state index contributed by atoms with van der Waals surface area (Å²) >= 11 is 0. The van der Waals surface area contributed by atoms with E-state index in [9.17, 15) is 14.0 Å². The van der Waals surface area contributed by atoms with Crippen LogP contribution in [0.25, 0.3) is 0 Å². The highest BCUT2D eigenvalue weighted by Gasteiger charge is 2.44. The Balaban J connectivity index is 1.57. The number of carbonyl (C=O) groups excluding carboxylic acids is 2. The first-order valence-corrected chi connectivity index (χ1v) is 11.7. The van der Waals surface area contributed by atoms with Gasteiger partial charge in [-0.15, -0.1) is 0 Å². The van der Waals surface area contributed by atoms with Crippen molar-refractivity contribution in [3.05, 3.63) is 53.8 Å². The topological polar surface area (TPSA) is 77.1 Å². The van der Waals surface area contributed by atoms with Gasteiger partial charge in [-0.3, -0.25) is 9.59 Å². The Bertz CT molecular complexity index is 1010. The quantitative estimate of drug-likeness (QED) is 0.670. The van der Waals surface area contributed by atoms with Crippen LogP contribution in [0.1, 0.15) is 37.7 Å². The zero-order chi connectivity index (χ0) is 24.1. The standard InChI is InChI=1S/C26H31FN2O5/c1-32-22-10-6-11-23(33-2)26(22)34-16-25(31)29-19(14-17-7-5-8-18(27)13-17)15-20-21(29)9-3-4-12-24(30)28-20/h5-8,10-11,13,19-21H,3-4,9,12,14-16H2,1-2H3,(H,28,30)/t19-,20+,21-/m1/s1. The van der Waals surface area contributed by atoms with Gasteiger partial charge in [0.15, 0.2) is 18.1 Å². The van der Waals surface area contributed by atoms with Gasteiger partial charge < -0.3 is 24.4 Å². The lowest BCUT2D eigenvalue weighted by atomic mass is 9.97. The highest BCUT2D eigenvalue weighted by molar-refractivity contribution is 5.80. The van der Waals surface area contributed by atoms with Gasteiger partial charge >= 0.3 is 0 Å². The largest absolute Gasteiger partial charge is 0.493 e. The first-order chi connectivity index (χ1) is 16.5. The number of hydrogen-bond donors (Lipinski definition) is 1. The van der Waals surface area contributed by atoms with Crippen LogP contribution in [0, 0.1) is 5.82 Å². The zero-order valence-corrected chi connectivity index (χ0v) is 19.6. The summed E-state index contributed by atoms with van der Waals surface area (Å²) in [7, 11) is 3.06. The van der Waals surface area contributed by atoms with Crippen LogP contribution < -0.4 is 19.5 Å². The van der Waals surface area contributed by atoms with Crippen molar-refractivity contribution >= 4 is 11.8 Å². The number of nitrogens with zero attached hydrogens (tertiary/aromatic N) is 1. The SMILES string of the molecule is COc1cccc(OC)c1OCC(=O)N1[C@H](Cc2cccc(F)c2)C[C@@H]2NC(=O)CCCC[C@H]21. The Morgan fingerprint density at radius 3 is 2.56 bits per heavy atom. The molecule has 182 valence electrons. The molecule has 3 atom stereocenters. The maximum absolute atomic E-state index is 13.8. The lowest BCUT2D eigenvalue weighted by Gasteiger charge is -2.33. The number of amides is 2. The number of para-hydroxylation sites is 1. The fourth-order valence-electron chi connectivity index (χ4n) is 5.12. The fourth-order valence-corrected chi connectivity index (χ4v) is 5.12. The summed E-state index contributed by atoms with van der Waals surface area (Å²) in [5, 5.41) is 3.12. The number of likely N-dealkylation sites (tertiary alicyclic amines) is 1. The Kier molecular flexibility index (Phi) is 7.55. The van der Waals surface area contributed by atoms with Gasteiger partial charge in [-0.25, -0.2) is 4.39 Å². The molecule has 1 N–H and O–H groups in total. The Morgan fingerprint density at radius 2 is 1.85 bits per heavy atom. The average molecular weight is 471 g/mol. The zero-order valence-electron chi connectivity index (χ0n) is 19.6. The van der Waals surface area contributed by atoms with E-state index in [2.05, 4.69) is 5.32 Å². The van der Waals surface area contributed by atoms with Crippen LogP contribution in [0.5, 0.6) is 17.2 Å². The molecule has 2 aromatic carbocycles. The summed E-state index contributed by atoms with van der Waals surface area (Å²) in [4.78, 5) is 27.7. The molecule has 2 amide bonds. The van der Waals surface area contributed by atoms with Crippen molar-refractivity contribution in [2.75, 3.05) is 20.8 Å². The molecule has 2 fully saturated rings. The van der Waals surface area contributed by atoms with Crippen molar-refractivity contribution in [2.24, 2.45) is 0 Å². The molecule has 2 aliphatic rings. The molecule has 0 aliphatic carbocycles. The maximum atomic E-state index is 13.8. The van der Waals surface area contributed by atoms with Crippen LogP contribution >= 0.6 is 0 Å². The fraction of sp³-hybridized carbons (Fsp3) is 0.462. The van der Waals surface area contributed by atoms with Crippen LogP contribution in [0.2, 0.25) is 0 Å². The number of fused-ring (bicyclic) bond motifs is 1. The summed E-state index contributed by atoms with van der Waals surface area (Å²) in [5.41, 5.74) is 0.815. The summed E-state index contributed by atoms with van der Waals surface area (Å²) < 4.78 is 30.5. The number of carbonyl (C=O) groups is 2. The van der Waals surface area contributed by atoms with Crippen molar-refractivity contribution < 1.29 is 28.2 Å². The van der Waals surface area contributed by atoms with Crippen LogP contribution in [-0.4, -0.2) is 55.7 Å². The third kappa shape index (κ3) is 5.26. The van der Waals surface area contributed by atoms with E-state index < -0.39 is 0 Å². The lowest BCUT2D eigenvalue weighted by Crippen LogP contribution is -2.50. The highest BCUT2D eigenvalue weighted by atomic mass is 19.1. The van der Waals surface area contributed by atoms with E-state index in [1.54, 1.807) is 24.3 Å². The van der Waals surface area contributed by atoms with Gasteiger partial charge in [0.05, 0.1) is 26.3 Å². The maximum Gasteiger partial charge on any atom is 0.261 e. The molecule has 0 spiro atoms. The molecule has 2 heterocycles. The molecular formula is C26H31FN2O5. The second kappa shape index (κ2) is 10.8. The van der Waals surface area contributed by atoms with E-state index in [1.807, 2.05) is 11.0 Å². The van der Waals surface area contributed by atoms with Crippen LogP contribution in [0.15, 0.2) is 42.5 Å². The Labute approximate surface area is 199 Å². The summed E-state index contributed by atoms with van der Waals surface area (Å²) in [6.45, 7) is -0.201. The molecule has 2 aromatic rings. The minimum absolute atomic E-state index is 0.0171. The summed E-state index contributed by atoms with van der Waals surface area (Å²) in [5.74, 6) is 0.839. The minimum Gasteiger partial charge on any atom is -0.493 e. The molecular weight excluding hydrogens is 439 g/mol. The van der Waals surface area contributed by atoms with Crippen LogP contribution in [0.4, 0.5) is 4.39 Å². The van der Waals surface area contributed by atoms with E-state index in [0.29, 0.717) is 36.5 Å². The molecule has 34 heavy (non-hydrogen) atoms. The highest BCUT2D eigenvalue weighted by Crippen LogP contribution is 2.37. The molecule has 0 aromatic heterocycles. The van der Waals surface area contributed by atoms with E-state index in [1.165, 1.54) is 26.4 Å². The van der Waals surface area contributed by atoms with E-state index in [4.69, 9.17) is 14.2 Å². The van der Waals surface area contributed by atoms with E-state index >= 15 is 0 Å². The lowest BCUT2D eigenvalue weighted by molar-refractivity contribution is -0.137. The molecule has 0 unspecified atom stereocenters. The van der Waals surface area contributed by atoms with Crippen LogP contribution in [-0.2, 0) is 16.0 Å². The molecule has 4 rings (SSSR count). The van der Waals surface area contributed by atoms with Crippen molar-refractivity contribution in [2.45, 2.75) is 56.7 Å². The molecule has 7 nitrogen and oxygen atoms in total. The Hall–Kier alpha value is -3.29. The number of methoxy groups -OCH3 is 2. The van der Waals surface area contributed by atoms with Gasteiger partial charge in [0.1, 0.15) is 5.82 Å². The first kappa shape index (κ1) is 23.9. The third-order valence-electron chi connectivity index (χ3n) is 6.61. The normalized spacial score (nSPS) is 22.3. The van der Waals surface area contributed by atoms with Crippen molar-refractivity contribution in [3.63, 3.8) is 0 Å². The predicted octanol–water partition coefficient (Wildman–Crippen LogP) is 3.49. The Morgan fingerprint density at radius 1 is 1.12 bits per heavy atom. The first-order valence-electron chi connectivity index (χ1n) is 11.7. The number of hydrogen-bond acceptors (Lipinski definition) is 5.